The maximum absolute atomic E-state index is 13.1. The molecule has 2 aromatic carbocycles. The van der Waals surface area contributed by atoms with E-state index in [1.807, 2.05) is 12.3 Å². The van der Waals surface area contributed by atoms with Gasteiger partial charge < -0.3 is 4.74 Å². The largest absolute Gasteiger partial charge is 0.494 e. The van der Waals surface area contributed by atoms with Crippen LogP contribution in [-0.2, 0) is 14.8 Å². The van der Waals surface area contributed by atoms with Crippen molar-refractivity contribution in [2.45, 2.75) is 18.2 Å². The van der Waals surface area contributed by atoms with Gasteiger partial charge in [0.15, 0.2) is 0 Å². The number of carbonyl (C=O) groups is 1. The Bertz CT molecular complexity index is 839. The number of halogens is 1. The highest BCUT2D eigenvalue weighted by Gasteiger charge is 2.27. The molecule has 0 unspecified atom stereocenters. The lowest BCUT2D eigenvalue weighted by molar-refractivity contribution is -0.119. The number of hydrogen-bond donors (Lipinski definition) is 2. The molecule has 0 saturated carbocycles. The first kappa shape index (κ1) is 19.7. The summed E-state index contributed by atoms with van der Waals surface area (Å²) >= 11 is 0. The van der Waals surface area contributed by atoms with E-state index in [1.54, 1.807) is 12.1 Å². The smallest absolute Gasteiger partial charge is 0.264 e. The van der Waals surface area contributed by atoms with Gasteiger partial charge in [0.1, 0.15) is 18.1 Å². The molecule has 0 aliphatic heterocycles. The molecule has 0 fully saturated rings. The molecular weight excluding hydrogens is 361 g/mol. The minimum Gasteiger partial charge on any atom is -0.494 e. The topological polar surface area (TPSA) is 102 Å². The van der Waals surface area contributed by atoms with Crippen molar-refractivity contribution < 1.29 is 22.3 Å². The van der Waals surface area contributed by atoms with Crippen molar-refractivity contribution >= 4 is 21.6 Å². The zero-order valence-electron chi connectivity index (χ0n) is 14.2. The Morgan fingerprint density at radius 3 is 2.31 bits per heavy atom. The van der Waals surface area contributed by atoms with Gasteiger partial charge in [-0.15, -0.1) is 0 Å². The minimum absolute atomic E-state index is 0.143. The van der Waals surface area contributed by atoms with Gasteiger partial charge in [-0.1, -0.05) is 6.92 Å². The molecule has 0 heterocycles. The number of ether oxygens (including phenoxy) is 1. The Hall–Kier alpha value is -2.65. The Morgan fingerprint density at radius 1 is 1.15 bits per heavy atom. The summed E-state index contributed by atoms with van der Waals surface area (Å²) in [5, 5.41) is 0. The van der Waals surface area contributed by atoms with Crippen molar-refractivity contribution in [3.8, 4) is 5.75 Å². The van der Waals surface area contributed by atoms with E-state index < -0.39 is 28.3 Å². The average Bonchev–Trinajstić information content (AvgIpc) is 2.65. The molecule has 0 atom stereocenters. The van der Waals surface area contributed by atoms with Gasteiger partial charge in [0.25, 0.3) is 15.9 Å². The fraction of sp³-hybridized carbons (Fsp3) is 0.235. The molecule has 0 aromatic heterocycles. The number of rotatable bonds is 8. The summed E-state index contributed by atoms with van der Waals surface area (Å²) in [5.74, 6) is 4.42. The summed E-state index contributed by atoms with van der Waals surface area (Å²) in [5.41, 5.74) is 2.16. The fourth-order valence-corrected chi connectivity index (χ4v) is 3.57. The highest BCUT2D eigenvalue weighted by atomic mass is 32.2. The predicted octanol–water partition coefficient (Wildman–Crippen LogP) is 1.80. The van der Waals surface area contributed by atoms with Crippen molar-refractivity contribution in [1.29, 1.82) is 0 Å². The molecular formula is C17H20FN3O4S. The average molecular weight is 381 g/mol. The molecule has 1 amide bonds. The molecule has 0 aliphatic rings. The van der Waals surface area contributed by atoms with E-state index in [0.29, 0.717) is 12.4 Å². The molecule has 0 aliphatic carbocycles. The number of hydrazine groups is 1. The van der Waals surface area contributed by atoms with E-state index in [-0.39, 0.29) is 10.6 Å². The van der Waals surface area contributed by atoms with Gasteiger partial charge in [0.2, 0.25) is 0 Å². The second kappa shape index (κ2) is 8.63. The third-order valence-electron chi connectivity index (χ3n) is 3.45. The molecule has 7 nitrogen and oxygen atoms in total. The molecule has 0 radical (unpaired) electrons. The van der Waals surface area contributed by atoms with Gasteiger partial charge in [0.05, 0.1) is 17.2 Å². The fourth-order valence-electron chi connectivity index (χ4n) is 2.15. The number of carbonyl (C=O) groups excluding carboxylic acids is 1. The van der Waals surface area contributed by atoms with Crippen molar-refractivity contribution in [1.82, 2.24) is 5.43 Å². The molecule has 2 rings (SSSR count). The molecule has 0 bridgehead atoms. The third kappa shape index (κ3) is 4.70. The number of anilines is 1. The van der Waals surface area contributed by atoms with Gasteiger partial charge in [-0.05, 0) is 55.0 Å². The quantitative estimate of drug-likeness (QED) is 0.412. The SMILES string of the molecule is CCCOc1ccc(N(CC(=O)NN)S(=O)(=O)c2ccc(F)cc2)cc1. The summed E-state index contributed by atoms with van der Waals surface area (Å²) in [4.78, 5) is 11.6. The Kier molecular flexibility index (Phi) is 6.53. The van der Waals surface area contributed by atoms with E-state index in [9.17, 15) is 17.6 Å². The van der Waals surface area contributed by atoms with Gasteiger partial charge in [-0.25, -0.2) is 18.7 Å². The van der Waals surface area contributed by atoms with Gasteiger partial charge in [-0.3, -0.25) is 14.5 Å². The number of nitrogens with two attached hydrogens (primary N) is 1. The number of amides is 1. The molecule has 26 heavy (non-hydrogen) atoms. The third-order valence-corrected chi connectivity index (χ3v) is 5.24. The first-order valence-electron chi connectivity index (χ1n) is 7.89. The number of sulfonamides is 1. The monoisotopic (exact) mass is 381 g/mol. The summed E-state index contributed by atoms with van der Waals surface area (Å²) in [6.45, 7) is 1.98. The summed E-state index contributed by atoms with van der Waals surface area (Å²) < 4.78 is 45.3. The van der Waals surface area contributed by atoms with Crippen LogP contribution in [0.5, 0.6) is 5.75 Å². The van der Waals surface area contributed by atoms with Crippen LogP contribution in [0.25, 0.3) is 0 Å². The van der Waals surface area contributed by atoms with Crippen LogP contribution in [0.1, 0.15) is 13.3 Å². The van der Waals surface area contributed by atoms with E-state index in [2.05, 4.69) is 0 Å². The molecule has 0 spiro atoms. The van der Waals surface area contributed by atoms with Crippen LogP contribution in [0.15, 0.2) is 53.4 Å². The van der Waals surface area contributed by atoms with Crippen LogP contribution < -0.4 is 20.3 Å². The minimum atomic E-state index is -4.10. The predicted molar refractivity (Wildman–Crippen MR) is 95.5 cm³/mol. The second-order valence-electron chi connectivity index (χ2n) is 5.38. The lowest BCUT2D eigenvalue weighted by atomic mass is 10.3. The van der Waals surface area contributed by atoms with Crippen LogP contribution in [0, 0.1) is 5.82 Å². The number of hydrogen-bond acceptors (Lipinski definition) is 5. The number of nitrogens with zero attached hydrogens (tertiary/aromatic N) is 1. The molecule has 9 heteroatoms. The lowest BCUT2D eigenvalue weighted by Crippen LogP contribution is -2.43. The van der Waals surface area contributed by atoms with Crippen molar-refractivity contribution in [3.05, 3.63) is 54.3 Å². The molecule has 140 valence electrons. The highest BCUT2D eigenvalue weighted by molar-refractivity contribution is 7.92. The number of nitrogens with one attached hydrogen (secondary N) is 1. The first-order chi connectivity index (χ1) is 12.4. The zero-order valence-corrected chi connectivity index (χ0v) is 15.0. The maximum atomic E-state index is 13.1. The van der Waals surface area contributed by atoms with Crippen molar-refractivity contribution in [2.24, 2.45) is 5.84 Å². The Labute approximate surface area is 151 Å². The van der Waals surface area contributed by atoms with Crippen LogP contribution in [0.2, 0.25) is 0 Å². The standard InChI is InChI=1S/C17H20FN3O4S/c1-2-11-25-15-7-5-14(6-8-15)21(12-17(22)20-19)26(23,24)16-9-3-13(18)4-10-16/h3-10H,2,11-12,19H2,1H3,(H,20,22). The van der Waals surface area contributed by atoms with Crippen LogP contribution in [0.3, 0.4) is 0 Å². The Balaban J connectivity index is 2.39. The highest BCUT2D eigenvalue weighted by Crippen LogP contribution is 2.26. The van der Waals surface area contributed by atoms with Crippen LogP contribution >= 0.6 is 0 Å². The van der Waals surface area contributed by atoms with E-state index in [0.717, 1.165) is 35.0 Å². The summed E-state index contributed by atoms with van der Waals surface area (Å²) in [6.07, 6.45) is 0.837. The Morgan fingerprint density at radius 2 is 1.77 bits per heavy atom. The van der Waals surface area contributed by atoms with Gasteiger partial charge >= 0.3 is 0 Å². The van der Waals surface area contributed by atoms with Gasteiger partial charge in [-0.2, -0.15) is 0 Å². The van der Waals surface area contributed by atoms with Crippen molar-refractivity contribution in [3.63, 3.8) is 0 Å². The zero-order chi connectivity index (χ0) is 19.2. The summed E-state index contributed by atoms with van der Waals surface area (Å²) in [7, 11) is -4.10. The van der Waals surface area contributed by atoms with Crippen LogP contribution in [0.4, 0.5) is 10.1 Å². The number of benzene rings is 2. The van der Waals surface area contributed by atoms with Crippen molar-refractivity contribution in [2.75, 3.05) is 17.5 Å². The lowest BCUT2D eigenvalue weighted by Gasteiger charge is -2.24. The van der Waals surface area contributed by atoms with E-state index in [1.165, 1.54) is 12.1 Å². The molecule has 0 saturated heterocycles. The maximum Gasteiger partial charge on any atom is 0.264 e. The van der Waals surface area contributed by atoms with Gasteiger partial charge in [0, 0.05) is 0 Å². The molecule has 2 aromatic rings. The normalized spacial score (nSPS) is 11.0. The molecule has 3 N–H and O–H groups in total. The summed E-state index contributed by atoms with van der Waals surface area (Å²) in [6, 6.07) is 10.6. The van der Waals surface area contributed by atoms with E-state index >= 15 is 0 Å². The van der Waals surface area contributed by atoms with E-state index in [4.69, 9.17) is 10.6 Å². The second-order valence-corrected chi connectivity index (χ2v) is 7.24. The van der Waals surface area contributed by atoms with Crippen LogP contribution in [-0.4, -0.2) is 27.5 Å². The first-order valence-corrected chi connectivity index (χ1v) is 9.33.